The van der Waals surface area contributed by atoms with Crippen molar-refractivity contribution in [3.8, 4) is 0 Å². The number of aliphatic hydroxyl groups is 1. The van der Waals surface area contributed by atoms with Gasteiger partial charge in [0, 0.05) is 19.2 Å². The van der Waals surface area contributed by atoms with E-state index in [2.05, 4.69) is 9.46 Å². The highest BCUT2D eigenvalue weighted by molar-refractivity contribution is 7.93. The van der Waals surface area contributed by atoms with E-state index >= 15 is 0 Å². The molecule has 0 saturated heterocycles. The number of hydrogen-bond acceptors (Lipinski definition) is 5. The van der Waals surface area contributed by atoms with E-state index in [1.807, 2.05) is 0 Å². The van der Waals surface area contributed by atoms with E-state index in [0.29, 0.717) is 36.0 Å². The first-order valence-electron chi connectivity index (χ1n) is 9.39. The molecular formula is C18H28N4O4S. The van der Waals surface area contributed by atoms with Crippen LogP contribution in [0.25, 0.3) is 0 Å². The van der Waals surface area contributed by atoms with Crippen molar-refractivity contribution < 1.29 is 18.9 Å². The van der Waals surface area contributed by atoms with Gasteiger partial charge in [-0.25, -0.2) is 4.21 Å². The third-order valence-electron chi connectivity index (χ3n) is 5.32. The van der Waals surface area contributed by atoms with Gasteiger partial charge >= 0.3 is 0 Å². The van der Waals surface area contributed by atoms with E-state index in [4.69, 9.17) is 0 Å². The van der Waals surface area contributed by atoms with Crippen LogP contribution in [0.3, 0.4) is 0 Å². The molecule has 1 aliphatic heterocycles. The quantitative estimate of drug-likeness (QED) is 0.813. The highest BCUT2D eigenvalue weighted by Gasteiger charge is 2.33. The van der Waals surface area contributed by atoms with Gasteiger partial charge in [-0.15, -0.1) is 0 Å². The third-order valence-corrected chi connectivity index (χ3v) is 7.03. The number of carbonyl (C=O) groups excluding carboxylic acids is 2. The lowest BCUT2D eigenvalue weighted by molar-refractivity contribution is -0.149. The minimum Gasteiger partial charge on any atom is -0.381 e. The first kappa shape index (κ1) is 20.0. The van der Waals surface area contributed by atoms with Crippen molar-refractivity contribution in [2.75, 3.05) is 12.8 Å². The van der Waals surface area contributed by atoms with Gasteiger partial charge in [-0.2, -0.15) is 9.46 Å². The second-order valence-corrected chi connectivity index (χ2v) is 10.3. The van der Waals surface area contributed by atoms with E-state index in [1.54, 1.807) is 4.68 Å². The molecule has 8 nitrogen and oxygen atoms in total. The molecule has 1 atom stereocenters. The summed E-state index contributed by atoms with van der Waals surface area (Å²) in [5.74, 6) is -0.131. The average molecular weight is 397 g/mol. The summed E-state index contributed by atoms with van der Waals surface area (Å²) in [6.07, 6.45) is 7.61. The van der Waals surface area contributed by atoms with Crippen molar-refractivity contribution in [3.63, 3.8) is 0 Å². The zero-order valence-corrected chi connectivity index (χ0v) is 17.0. The molecule has 3 rings (SSSR count). The molecule has 1 aromatic heterocycles. The Morgan fingerprint density at radius 2 is 2.07 bits per heavy atom. The number of rotatable bonds is 5. The Morgan fingerprint density at radius 1 is 1.37 bits per heavy atom. The molecule has 1 unspecified atom stereocenters. The minimum absolute atomic E-state index is 0.189. The van der Waals surface area contributed by atoms with Gasteiger partial charge in [-0.1, -0.05) is 19.3 Å². The summed E-state index contributed by atoms with van der Waals surface area (Å²) >= 11 is 0. The number of aromatic nitrogens is 2. The number of fused-ring (bicyclic) bond motifs is 1. The summed E-state index contributed by atoms with van der Waals surface area (Å²) in [5.41, 5.74) is -0.861. The van der Waals surface area contributed by atoms with Gasteiger partial charge in [0.15, 0.2) is 0 Å². The van der Waals surface area contributed by atoms with Gasteiger partial charge in [0.05, 0.1) is 39.6 Å². The van der Waals surface area contributed by atoms with Crippen molar-refractivity contribution in [2.24, 2.45) is 10.3 Å². The zero-order valence-electron chi connectivity index (χ0n) is 16.2. The molecule has 1 N–H and O–H groups in total. The summed E-state index contributed by atoms with van der Waals surface area (Å²) in [5, 5.41) is 14.2. The van der Waals surface area contributed by atoms with Gasteiger partial charge < -0.3 is 10.0 Å². The Bertz CT molecular complexity index is 857. The number of carbonyl (C=O) groups is 2. The molecule has 0 bridgehead atoms. The molecule has 2 heterocycles. The van der Waals surface area contributed by atoms with Crippen LogP contribution in [0.5, 0.6) is 0 Å². The van der Waals surface area contributed by atoms with Gasteiger partial charge in [-0.3, -0.25) is 14.3 Å². The summed E-state index contributed by atoms with van der Waals surface area (Å²) < 4.78 is 18.8. The van der Waals surface area contributed by atoms with Crippen LogP contribution >= 0.6 is 0 Å². The molecule has 150 valence electrons. The predicted octanol–water partition coefficient (Wildman–Crippen LogP) is 1.56. The number of nitrogens with zero attached hydrogens (tertiary/aromatic N) is 4. The fraction of sp³-hybridized carbons (Fsp3) is 0.722. The molecule has 1 fully saturated rings. The maximum absolute atomic E-state index is 13.1. The second-order valence-electron chi connectivity index (χ2n) is 8.09. The molecule has 0 radical (unpaired) electrons. The molecule has 9 heteroatoms. The van der Waals surface area contributed by atoms with E-state index in [1.165, 1.54) is 37.6 Å². The lowest BCUT2D eigenvalue weighted by Crippen LogP contribution is -2.48. The topological polar surface area (TPSA) is 105 Å². The van der Waals surface area contributed by atoms with Gasteiger partial charge in [0.2, 0.25) is 0 Å². The van der Waals surface area contributed by atoms with Crippen molar-refractivity contribution in [2.45, 2.75) is 69.5 Å². The van der Waals surface area contributed by atoms with Crippen molar-refractivity contribution >= 4 is 21.5 Å². The minimum atomic E-state index is -2.94. The highest BCUT2D eigenvalue weighted by Crippen LogP contribution is 2.30. The Labute approximate surface area is 160 Å². The largest absolute Gasteiger partial charge is 0.381 e. The van der Waals surface area contributed by atoms with Crippen LogP contribution < -0.4 is 0 Å². The van der Waals surface area contributed by atoms with Crippen molar-refractivity contribution in [1.82, 2.24) is 14.7 Å². The van der Waals surface area contributed by atoms with E-state index in [9.17, 15) is 18.9 Å². The first-order chi connectivity index (χ1) is 12.6. The van der Waals surface area contributed by atoms with Crippen LogP contribution in [0.2, 0.25) is 0 Å². The Morgan fingerprint density at radius 3 is 2.67 bits per heavy atom. The van der Waals surface area contributed by atoms with Crippen LogP contribution in [0, 0.1) is 5.92 Å². The Balaban J connectivity index is 1.78. The first-order valence-corrected chi connectivity index (χ1v) is 11.3. The molecule has 0 spiro atoms. The average Bonchev–Trinajstić information content (AvgIpc) is 2.95. The van der Waals surface area contributed by atoms with Crippen LogP contribution in [-0.4, -0.2) is 54.2 Å². The third kappa shape index (κ3) is 4.40. The number of amides is 2. The molecular weight excluding hydrogens is 368 g/mol. The van der Waals surface area contributed by atoms with Gasteiger partial charge in [0.25, 0.3) is 11.8 Å². The van der Waals surface area contributed by atoms with Crippen LogP contribution in [0.1, 0.15) is 51.6 Å². The molecule has 27 heavy (non-hydrogen) atoms. The summed E-state index contributed by atoms with van der Waals surface area (Å²) in [7, 11) is -2.94. The number of hydrogen-bond donors (Lipinski definition) is 1. The fourth-order valence-electron chi connectivity index (χ4n) is 3.50. The molecule has 0 aromatic carbocycles. The van der Waals surface area contributed by atoms with E-state index < -0.39 is 21.2 Å². The summed E-state index contributed by atoms with van der Waals surface area (Å²) in [4.78, 5) is 26.5. The maximum Gasteiger partial charge on any atom is 0.254 e. The van der Waals surface area contributed by atoms with Gasteiger partial charge in [-0.05, 0) is 26.2 Å². The summed E-state index contributed by atoms with van der Waals surface area (Å²) in [6, 6.07) is 0. The van der Waals surface area contributed by atoms with Gasteiger partial charge in [0.1, 0.15) is 5.60 Å². The molecule has 2 amide bonds. The molecule has 2 aliphatic rings. The van der Waals surface area contributed by atoms with Crippen molar-refractivity contribution in [1.29, 1.82) is 0 Å². The lowest BCUT2D eigenvalue weighted by atomic mass is 9.82. The predicted molar refractivity (Wildman–Crippen MR) is 100 cm³/mol. The molecule has 1 saturated carbocycles. The van der Waals surface area contributed by atoms with E-state index in [-0.39, 0.29) is 12.5 Å². The smallest absolute Gasteiger partial charge is 0.254 e. The molecule has 1 aliphatic carbocycles. The normalized spacial score (nSPS) is 19.8. The van der Waals surface area contributed by atoms with Crippen LogP contribution in [-0.2, 0) is 32.4 Å². The Kier molecular flexibility index (Phi) is 5.45. The lowest BCUT2D eigenvalue weighted by Gasteiger charge is -2.32. The SMILES string of the molecule is CC(C)(O)C(=O)N1CCn2ncc(S(C)(=O)=NC(=O)CCC3CCC3)c2C1. The highest BCUT2D eigenvalue weighted by atomic mass is 32.2. The monoisotopic (exact) mass is 396 g/mol. The second kappa shape index (κ2) is 7.35. The maximum atomic E-state index is 13.1. The van der Waals surface area contributed by atoms with Crippen molar-refractivity contribution in [3.05, 3.63) is 11.9 Å². The Hall–Kier alpha value is -1.74. The van der Waals surface area contributed by atoms with Crippen LogP contribution in [0.4, 0.5) is 0 Å². The summed E-state index contributed by atoms with van der Waals surface area (Å²) in [6.45, 7) is 3.94. The van der Waals surface area contributed by atoms with E-state index in [0.717, 1.165) is 19.3 Å². The zero-order chi connectivity index (χ0) is 19.8. The molecule has 1 aromatic rings. The standard InChI is InChI=1S/C18H28N4O4S/c1-18(2,25)17(24)21-9-10-22-14(12-21)15(11-19-22)27(3,26)20-16(23)8-7-13-5-4-6-13/h11,13,25H,4-10,12H2,1-3H3. The van der Waals surface area contributed by atoms with Crippen LogP contribution in [0.15, 0.2) is 15.5 Å². The fourth-order valence-corrected chi connectivity index (χ4v) is 4.92.